The van der Waals surface area contributed by atoms with Gasteiger partial charge in [0.25, 0.3) is 0 Å². The van der Waals surface area contributed by atoms with Crippen molar-refractivity contribution in [1.29, 1.82) is 0 Å². The summed E-state index contributed by atoms with van der Waals surface area (Å²) < 4.78 is 5.91. The van der Waals surface area contributed by atoms with E-state index in [0.717, 1.165) is 43.2 Å². The van der Waals surface area contributed by atoms with Gasteiger partial charge in [0, 0.05) is 0 Å². The normalized spacial score (nSPS) is 17.7. The Balaban J connectivity index is 2.11. The fourth-order valence-corrected chi connectivity index (χ4v) is 3.51. The van der Waals surface area contributed by atoms with Gasteiger partial charge in [-0.15, -0.1) is 0 Å². The molecule has 0 spiro atoms. The number of allylic oxidation sites excluding steroid dienone is 1. The number of aryl methyl sites for hydroxylation is 2. The van der Waals surface area contributed by atoms with E-state index in [9.17, 15) is 5.11 Å². The molecule has 0 fully saturated rings. The summed E-state index contributed by atoms with van der Waals surface area (Å²) in [6.07, 6.45) is 9.92. The Hall–Kier alpha value is -1.80. The van der Waals surface area contributed by atoms with Gasteiger partial charge < -0.3 is 9.84 Å². The molecule has 25 heavy (non-hydrogen) atoms. The van der Waals surface area contributed by atoms with E-state index in [2.05, 4.69) is 44.7 Å². The number of hydrogen-bond donors (Lipinski definition) is 1. The van der Waals surface area contributed by atoms with E-state index in [0.29, 0.717) is 12.4 Å². The van der Waals surface area contributed by atoms with Crippen molar-refractivity contribution in [2.75, 3.05) is 6.61 Å². The molecule has 2 rings (SSSR count). The summed E-state index contributed by atoms with van der Waals surface area (Å²) in [5.74, 6) is 0.404. The fourth-order valence-electron chi connectivity index (χ4n) is 3.51. The zero-order valence-corrected chi connectivity index (χ0v) is 16.2. The summed E-state index contributed by atoms with van der Waals surface area (Å²) in [4.78, 5) is 0. The Morgan fingerprint density at radius 1 is 1.24 bits per heavy atom. The molecule has 136 valence electrons. The third-order valence-electron chi connectivity index (χ3n) is 4.97. The summed E-state index contributed by atoms with van der Waals surface area (Å²) in [7, 11) is 0. The van der Waals surface area contributed by atoms with Crippen LogP contribution in [0.1, 0.15) is 62.6 Å². The highest BCUT2D eigenvalue weighted by atomic mass is 16.5. The largest absolute Gasteiger partial charge is 0.507 e. The first-order valence-corrected chi connectivity index (χ1v) is 9.45. The highest BCUT2D eigenvalue weighted by Crippen LogP contribution is 2.30. The van der Waals surface area contributed by atoms with Gasteiger partial charge in [-0.1, -0.05) is 44.6 Å². The van der Waals surface area contributed by atoms with E-state index < -0.39 is 0 Å². The number of benzene rings is 1. The van der Waals surface area contributed by atoms with Crippen molar-refractivity contribution < 1.29 is 9.84 Å². The minimum absolute atomic E-state index is 0.191. The van der Waals surface area contributed by atoms with E-state index in [4.69, 9.17) is 4.74 Å². The first-order chi connectivity index (χ1) is 12.0. The van der Waals surface area contributed by atoms with Crippen molar-refractivity contribution in [3.8, 4) is 5.75 Å². The highest BCUT2D eigenvalue weighted by molar-refractivity contribution is 5.58. The van der Waals surface area contributed by atoms with Gasteiger partial charge in [0.2, 0.25) is 0 Å². The maximum Gasteiger partial charge on any atom is 0.121 e. The van der Waals surface area contributed by atoms with Crippen molar-refractivity contribution in [2.45, 2.75) is 65.9 Å². The van der Waals surface area contributed by atoms with E-state index in [1.807, 2.05) is 13.8 Å². The van der Waals surface area contributed by atoms with Crippen LogP contribution in [0.3, 0.4) is 0 Å². The molecule has 0 saturated carbocycles. The van der Waals surface area contributed by atoms with Crippen molar-refractivity contribution in [1.82, 2.24) is 0 Å². The molecule has 1 aliphatic heterocycles. The maximum atomic E-state index is 9.97. The monoisotopic (exact) mass is 340 g/mol. The fraction of sp³-hybridized carbons (Fsp3) is 0.478. The van der Waals surface area contributed by atoms with Gasteiger partial charge in [-0.05, 0) is 79.5 Å². The second kappa shape index (κ2) is 9.05. The molecule has 1 aromatic carbocycles. The summed E-state index contributed by atoms with van der Waals surface area (Å²) in [6.45, 7) is 13.2. The van der Waals surface area contributed by atoms with Crippen LogP contribution in [0.5, 0.6) is 5.75 Å². The average molecular weight is 341 g/mol. The first-order valence-electron chi connectivity index (χ1n) is 9.45. The second-order valence-electron chi connectivity index (χ2n) is 7.03. The number of aromatic hydroxyl groups is 1. The minimum atomic E-state index is 0.191. The van der Waals surface area contributed by atoms with Crippen LogP contribution < -0.4 is 0 Å². The van der Waals surface area contributed by atoms with E-state index in [1.54, 1.807) is 0 Å². The van der Waals surface area contributed by atoms with Crippen LogP contribution in [0.25, 0.3) is 6.08 Å². The second-order valence-corrected chi connectivity index (χ2v) is 7.03. The van der Waals surface area contributed by atoms with Gasteiger partial charge >= 0.3 is 0 Å². The molecule has 2 nitrogen and oxygen atoms in total. The number of phenols is 1. The quantitative estimate of drug-likeness (QED) is 0.605. The molecule has 1 atom stereocenters. The van der Waals surface area contributed by atoms with Crippen LogP contribution in [0.2, 0.25) is 0 Å². The molecular formula is C23H32O2. The van der Waals surface area contributed by atoms with Crippen LogP contribution in [0, 0.1) is 13.8 Å². The van der Waals surface area contributed by atoms with Crippen molar-refractivity contribution >= 4 is 6.08 Å². The van der Waals surface area contributed by atoms with Crippen LogP contribution in [0.15, 0.2) is 41.5 Å². The molecule has 1 unspecified atom stereocenters. The third-order valence-corrected chi connectivity index (χ3v) is 4.97. The molecule has 0 aliphatic carbocycles. The topological polar surface area (TPSA) is 29.5 Å². The van der Waals surface area contributed by atoms with Gasteiger partial charge in [-0.3, -0.25) is 0 Å². The summed E-state index contributed by atoms with van der Waals surface area (Å²) in [6, 6.07) is 4.13. The number of ether oxygens (including phenoxy) is 1. The smallest absolute Gasteiger partial charge is 0.121 e. The van der Waals surface area contributed by atoms with Crippen LogP contribution in [-0.4, -0.2) is 17.8 Å². The zero-order chi connectivity index (χ0) is 18.4. The Kier molecular flexibility index (Phi) is 7.07. The van der Waals surface area contributed by atoms with Gasteiger partial charge in [0.1, 0.15) is 5.75 Å². The Labute approximate surface area is 152 Å². The van der Waals surface area contributed by atoms with Crippen molar-refractivity contribution in [2.24, 2.45) is 0 Å². The van der Waals surface area contributed by atoms with Gasteiger partial charge in [0.05, 0.1) is 12.7 Å². The Morgan fingerprint density at radius 3 is 2.52 bits per heavy atom. The van der Waals surface area contributed by atoms with Gasteiger partial charge in [-0.25, -0.2) is 0 Å². The number of rotatable bonds is 8. The molecule has 2 heteroatoms. The lowest BCUT2D eigenvalue weighted by Crippen LogP contribution is -2.11. The number of phenolic OH excluding ortho intramolecular Hbond substituents is 1. The summed E-state index contributed by atoms with van der Waals surface area (Å²) in [5, 5.41) is 9.97. The average Bonchev–Trinajstić information content (AvgIpc) is 3.05. The molecule has 1 N–H and O–H groups in total. The SMILES string of the molecule is C=C(CC)C1=CCOC1CC/C(=C/c1cc(C)c(O)c(C)c1)CCC. The van der Waals surface area contributed by atoms with Crippen LogP contribution >= 0.6 is 0 Å². The lowest BCUT2D eigenvalue weighted by molar-refractivity contribution is 0.116. The van der Waals surface area contributed by atoms with Gasteiger partial charge in [-0.2, -0.15) is 0 Å². The Bertz CT molecular complexity index is 656. The highest BCUT2D eigenvalue weighted by Gasteiger charge is 2.21. The van der Waals surface area contributed by atoms with Crippen molar-refractivity contribution in [3.63, 3.8) is 0 Å². The van der Waals surface area contributed by atoms with E-state index in [-0.39, 0.29) is 6.10 Å². The number of hydrogen-bond acceptors (Lipinski definition) is 2. The molecule has 0 amide bonds. The molecule has 1 aromatic rings. The standard InChI is InChI=1S/C23H32O2/c1-6-8-19(15-20-13-17(4)23(24)18(5)14-20)9-10-22-21(11-12-25-22)16(3)7-2/h11,13-15,22,24H,3,6-10,12H2,1-2,4-5H3/b19-15+. The first kappa shape index (κ1) is 19.5. The zero-order valence-electron chi connectivity index (χ0n) is 16.2. The Morgan fingerprint density at radius 2 is 1.92 bits per heavy atom. The molecular weight excluding hydrogens is 308 g/mol. The van der Waals surface area contributed by atoms with Gasteiger partial charge in [0.15, 0.2) is 0 Å². The molecule has 0 saturated heterocycles. The summed E-state index contributed by atoms with van der Waals surface area (Å²) >= 11 is 0. The van der Waals surface area contributed by atoms with Crippen LogP contribution in [-0.2, 0) is 4.74 Å². The predicted octanol–water partition coefficient (Wildman–Crippen LogP) is 6.26. The van der Waals surface area contributed by atoms with Crippen molar-refractivity contribution in [3.05, 3.63) is 58.2 Å². The van der Waals surface area contributed by atoms with E-state index in [1.165, 1.54) is 22.3 Å². The molecule has 0 bridgehead atoms. The molecule has 1 heterocycles. The molecule has 0 radical (unpaired) electrons. The molecule has 0 aromatic heterocycles. The lowest BCUT2D eigenvalue weighted by Gasteiger charge is -2.17. The minimum Gasteiger partial charge on any atom is -0.507 e. The maximum absolute atomic E-state index is 9.97. The van der Waals surface area contributed by atoms with E-state index >= 15 is 0 Å². The lowest BCUT2D eigenvalue weighted by atomic mass is 9.93. The predicted molar refractivity (Wildman–Crippen MR) is 107 cm³/mol. The molecule has 1 aliphatic rings. The van der Waals surface area contributed by atoms with Crippen LogP contribution in [0.4, 0.5) is 0 Å². The summed E-state index contributed by atoms with van der Waals surface area (Å²) in [5.41, 5.74) is 7.00. The third kappa shape index (κ3) is 5.09.